The first-order valence-electron chi connectivity index (χ1n) is 4.22. The number of carbonyl (C=O) groups is 1. The van der Waals surface area contributed by atoms with Gasteiger partial charge >= 0.3 is 0 Å². The molecule has 0 aromatic heterocycles. The molecule has 0 heterocycles. The average Bonchev–Trinajstić information content (AvgIpc) is 2.03. The molecule has 0 unspecified atom stereocenters. The lowest BCUT2D eigenvalue weighted by molar-refractivity contribution is 0.0982. The zero-order valence-electron chi connectivity index (χ0n) is 7.51. The predicted octanol–water partition coefficient (Wildman–Crippen LogP) is 2.91. The second kappa shape index (κ2) is 4.28. The van der Waals surface area contributed by atoms with Crippen LogP contribution in [0, 0.1) is 0 Å². The Balaban J connectivity index is 2.94. The van der Waals surface area contributed by atoms with Gasteiger partial charge in [0.1, 0.15) is 0 Å². The number of anilines is 1. The minimum Gasteiger partial charge on any atom is -0.399 e. The van der Waals surface area contributed by atoms with Gasteiger partial charge in [0, 0.05) is 22.7 Å². The van der Waals surface area contributed by atoms with Crippen molar-refractivity contribution < 1.29 is 4.79 Å². The Labute approximate surface area is 82.7 Å². The van der Waals surface area contributed by atoms with Crippen LogP contribution in [0.4, 0.5) is 5.69 Å². The molecule has 0 aliphatic rings. The molecule has 70 valence electrons. The van der Waals surface area contributed by atoms with Crippen molar-refractivity contribution in [3.8, 4) is 0 Å². The summed E-state index contributed by atoms with van der Waals surface area (Å²) in [6.45, 7) is 1.96. The molecule has 0 aliphatic heterocycles. The number of halogens is 1. The molecule has 2 N–H and O–H groups in total. The van der Waals surface area contributed by atoms with E-state index in [0.717, 1.165) is 6.42 Å². The van der Waals surface area contributed by atoms with Crippen LogP contribution in [0.25, 0.3) is 0 Å². The Kier molecular flexibility index (Phi) is 3.32. The smallest absolute Gasteiger partial charge is 0.162 e. The minimum atomic E-state index is 0.0942. The van der Waals surface area contributed by atoms with Gasteiger partial charge in [-0.05, 0) is 24.6 Å². The van der Waals surface area contributed by atoms with Gasteiger partial charge in [-0.15, -0.1) is 0 Å². The third-order valence-corrected chi connectivity index (χ3v) is 1.94. The van der Waals surface area contributed by atoms with Crippen LogP contribution in [0.15, 0.2) is 18.2 Å². The molecule has 2 nitrogen and oxygen atoms in total. The lowest BCUT2D eigenvalue weighted by Crippen LogP contribution is -1.99. The summed E-state index contributed by atoms with van der Waals surface area (Å²) in [7, 11) is 0. The second-order valence-corrected chi connectivity index (χ2v) is 3.38. The first kappa shape index (κ1) is 10.1. The lowest BCUT2D eigenvalue weighted by Gasteiger charge is -2.01. The highest BCUT2D eigenvalue weighted by molar-refractivity contribution is 6.31. The van der Waals surface area contributed by atoms with E-state index in [2.05, 4.69) is 0 Å². The molecular weight excluding hydrogens is 186 g/mol. The van der Waals surface area contributed by atoms with Crippen molar-refractivity contribution in [2.75, 3.05) is 5.73 Å². The van der Waals surface area contributed by atoms with Gasteiger partial charge in [-0.3, -0.25) is 4.79 Å². The molecule has 13 heavy (non-hydrogen) atoms. The van der Waals surface area contributed by atoms with Gasteiger partial charge < -0.3 is 5.73 Å². The molecule has 0 spiro atoms. The van der Waals surface area contributed by atoms with E-state index in [0.29, 0.717) is 22.7 Å². The van der Waals surface area contributed by atoms with Crippen molar-refractivity contribution in [2.45, 2.75) is 19.8 Å². The van der Waals surface area contributed by atoms with Crippen LogP contribution in [-0.2, 0) is 0 Å². The fraction of sp³-hybridized carbons (Fsp3) is 0.300. The largest absolute Gasteiger partial charge is 0.399 e. The third kappa shape index (κ3) is 2.74. The van der Waals surface area contributed by atoms with Crippen LogP contribution in [0.3, 0.4) is 0 Å². The minimum absolute atomic E-state index is 0.0942. The SMILES string of the molecule is CCCC(=O)c1cc(N)cc(Cl)c1. The fourth-order valence-electron chi connectivity index (χ4n) is 1.14. The van der Waals surface area contributed by atoms with Gasteiger partial charge in [-0.2, -0.15) is 0 Å². The number of rotatable bonds is 3. The standard InChI is InChI=1S/C10H12ClNO/c1-2-3-10(13)7-4-8(11)6-9(12)5-7/h4-6H,2-3,12H2,1H3. The van der Waals surface area contributed by atoms with Crippen molar-refractivity contribution in [3.05, 3.63) is 28.8 Å². The molecule has 0 saturated heterocycles. The summed E-state index contributed by atoms with van der Waals surface area (Å²) < 4.78 is 0. The number of Topliss-reactive ketones (excluding diaryl/α,β-unsaturated/α-hetero) is 1. The van der Waals surface area contributed by atoms with Crippen molar-refractivity contribution in [3.63, 3.8) is 0 Å². The van der Waals surface area contributed by atoms with Crippen LogP contribution >= 0.6 is 11.6 Å². The summed E-state index contributed by atoms with van der Waals surface area (Å²) in [4.78, 5) is 11.4. The van der Waals surface area contributed by atoms with E-state index in [1.54, 1.807) is 18.2 Å². The van der Waals surface area contributed by atoms with Crippen LogP contribution < -0.4 is 5.73 Å². The van der Waals surface area contributed by atoms with Crippen molar-refractivity contribution in [1.29, 1.82) is 0 Å². The van der Waals surface area contributed by atoms with E-state index in [-0.39, 0.29) is 5.78 Å². The van der Waals surface area contributed by atoms with E-state index in [1.807, 2.05) is 6.92 Å². The zero-order chi connectivity index (χ0) is 9.84. The Hall–Kier alpha value is -1.02. The maximum absolute atomic E-state index is 11.4. The molecule has 0 fully saturated rings. The number of hydrogen-bond donors (Lipinski definition) is 1. The van der Waals surface area contributed by atoms with Gasteiger partial charge in [0.25, 0.3) is 0 Å². The van der Waals surface area contributed by atoms with Crippen LogP contribution in [0.5, 0.6) is 0 Å². The summed E-state index contributed by atoms with van der Waals surface area (Å²) in [5.41, 5.74) is 6.69. The average molecular weight is 198 g/mol. The van der Waals surface area contributed by atoms with E-state index in [1.165, 1.54) is 0 Å². The molecule has 0 saturated carbocycles. The van der Waals surface area contributed by atoms with E-state index in [9.17, 15) is 4.79 Å². The monoisotopic (exact) mass is 197 g/mol. The van der Waals surface area contributed by atoms with Gasteiger partial charge in [-0.25, -0.2) is 0 Å². The molecule has 0 aliphatic carbocycles. The maximum atomic E-state index is 11.4. The maximum Gasteiger partial charge on any atom is 0.162 e. The zero-order valence-corrected chi connectivity index (χ0v) is 8.27. The molecule has 0 atom stereocenters. The van der Waals surface area contributed by atoms with Crippen molar-refractivity contribution >= 4 is 23.1 Å². The molecule has 0 radical (unpaired) electrons. The Morgan fingerprint density at radius 1 is 1.46 bits per heavy atom. The van der Waals surface area contributed by atoms with Gasteiger partial charge in [0.15, 0.2) is 5.78 Å². The molecule has 1 aromatic rings. The van der Waals surface area contributed by atoms with Gasteiger partial charge in [0.2, 0.25) is 0 Å². The quantitative estimate of drug-likeness (QED) is 0.598. The molecule has 3 heteroatoms. The summed E-state index contributed by atoms with van der Waals surface area (Å²) in [6.07, 6.45) is 1.38. The summed E-state index contributed by atoms with van der Waals surface area (Å²) >= 11 is 5.76. The normalized spacial score (nSPS) is 10.0. The summed E-state index contributed by atoms with van der Waals surface area (Å²) in [6, 6.07) is 4.93. The van der Waals surface area contributed by atoms with Gasteiger partial charge in [-0.1, -0.05) is 18.5 Å². The summed E-state index contributed by atoms with van der Waals surface area (Å²) in [5.74, 6) is 0.0942. The number of hydrogen-bond acceptors (Lipinski definition) is 2. The number of nitrogen functional groups attached to an aromatic ring is 1. The number of nitrogens with two attached hydrogens (primary N) is 1. The molecule has 1 rings (SSSR count). The van der Waals surface area contributed by atoms with Crippen LogP contribution in [0.2, 0.25) is 5.02 Å². The first-order chi connectivity index (χ1) is 6.13. The number of ketones is 1. The third-order valence-electron chi connectivity index (χ3n) is 1.72. The van der Waals surface area contributed by atoms with Crippen LogP contribution in [-0.4, -0.2) is 5.78 Å². The van der Waals surface area contributed by atoms with E-state index < -0.39 is 0 Å². The van der Waals surface area contributed by atoms with Crippen molar-refractivity contribution in [1.82, 2.24) is 0 Å². The highest BCUT2D eigenvalue weighted by atomic mass is 35.5. The Morgan fingerprint density at radius 2 is 2.15 bits per heavy atom. The van der Waals surface area contributed by atoms with Crippen molar-refractivity contribution in [2.24, 2.45) is 0 Å². The molecule has 0 amide bonds. The summed E-state index contributed by atoms with van der Waals surface area (Å²) in [5, 5.41) is 0.513. The van der Waals surface area contributed by atoms with Gasteiger partial charge in [0.05, 0.1) is 0 Å². The highest BCUT2D eigenvalue weighted by Crippen LogP contribution is 2.18. The number of benzene rings is 1. The predicted molar refractivity (Wildman–Crippen MR) is 55.1 cm³/mol. The topological polar surface area (TPSA) is 43.1 Å². The van der Waals surface area contributed by atoms with E-state index in [4.69, 9.17) is 17.3 Å². The van der Waals surface area contributed by atoms with E-state index >= 15 is 0 Å². The Morgan fingerprint density at radius 3 is 2.69 bits per heavy atom. The number of carbonyl (C=O) groups excluding carboxylic acids is 1. The van der Waals surface area contributed by atoms with Crippen LogP contribution in [0.1, 0.15) is 30.1 Å². The highest BCUT2D eigenvalue weighted by Gasteiger charge is 2.05. The lowest BCUT2D eigenvalue weighted by atomic mass is 10.1. The first-order valence-corrected chi connectivity index (χ1v) is 4.60. The Bertz CT molecular complexity index is 302. The molecule has 0 bridgehead atoms. The molecular formula is C10H12ClNO. The fourth-order valence-corrected chi connectivity index (χ4v) is 1.39. The second-order valence-electron chi connectivity index (χ2n) is 2.95. The molecule has 1 aromatic carbocycles.